The first-order valence-electron chi connectivity index (χ1n) is 5.49. The summed E-state index contributed by atoms with van der Waals surface area (Å²) in [6.07, 6.45) is 7.56. The van der Waals surface area contributed by atoms with Gasteiger partial charge in [-0.25, -0.2) is 0 Å². The minimum absolute atomic E-state index is 0.910. The van der Waals surface area contributed by atoms with Crippen LogP contribution in [0.25, 0.3) is 23.1 Å². The fourth-order valence-corrected chi connectivity index (χ4v) is 1.78. The molecular weight excluding hydrogens is 210 g/mol. The van der Waals surface area contributed by atoms with Crippen LogP contribution in [0.4, 0.5) is 0 Å². The highest BCUT2D eigenvalue weighted by molar-refractivity contribution is 5.89. The summed E-state index contributed by atoms with van der Waals surface area (Å²) in [6.45, 7) is 0. The third-order valence-corrected chi connectivity index (χ3v) is 2.63. The largest absolute Gasteiger partial charge is 0.464 e. The Kier molecular flexibility index (Phi) is 2.47. The molecule has 1 aromatic carbocycles. The van der Waals surface area contributed by atoms with Gasteiger partial charge >= 0.3 is 0 Å². The Hall–Kier alpha value is -2.35. The average molecular weight is 221 g/mol. The van der Waals surface area contributed by atoms with Crippen LogP contribution in [0.15, 0.2) is 59.3 Å². The third kappa shape index (κ3) is 1.97. The van der Waals surface area contributed by atoms with Crippen molar-refractivity contribution in [2.24, 2.45) is 0 Å². The zero-order valence-corrected chi connectivity index (χ0v) is 9.21. The van der Waals surface area contributed by atoms with Crippen molar-refractivity contribution in [2.75, 3.05) is 0 Å². The molecule has 0 bridgehead atoms. The van der Waals surface area contributed by atoms with E-state index in [2.05, 4.69) is 11.1 Å². The van der Waals surface area contributed by atoms with Gasteiger partial charge in [-0.2, -0.15) is 0 Å². The van der Waals surface area contributed by atoms with Crippen LogP contribution < -0.4 is 0 Å². The van der Waals surface area contributed by atoms with Gasteiger partial charge < -0.3 is 4.42 Å². The smallest absolute Gasteiger partial charge is 0.134 e. The molecule has 0 fully saturated rings. The number of pyridine rings is 1. The van der Waals surface area contributed by atoms with Crippen LogP contribution in [0, 0.1) is 0 Å². The van der Waals surface area contributed by atoms with Gasteiger partial charge in [0.05, 0.1) is 12.0 Å². The van der Waals surface area contributed by atoms with Gasteiger partial charge in [-0.1, -0.05) is 24.3 Å². The third-order valence-electron chi connectivity index (χ3n) is 2.63. The van der Waals surface area contributed by atoms with Crippen molar-refractivity contribution in [2.45, 2.75) is 0 Å². The van der Waals surface area contributed by atoms with E-state index in [0.29, 0.717) is 0 Å². The molecule has 0 aliphatic carbocycles. The molecule has 2 heterocycles. The molecule has 2 heteroatoms. The Morgan fingerprint density at radius 2 is 1.82 bits per heavy atom. The molecule has 0 atom stereocenters. The highest BCUT2D eigenvalue weighted by Gasteiger charge is 2.00. The minimum atomic E-state index is 0.910. The number of rotatable bonds is 2. The summed E-state index contributed by atoms with van der Waals surface area (Å²) in [4.78, 5) is 4.24. The lowest BCUT2D eigenvalue weighted by Gasteiger charge is -1.91. The Balaban J connectivity index is 1.98. The van der Waals surface area contributed by atoms with Gasteiger partial charge in [-0.05, 0) is 30.4 Å². The highest BCUT2D eigenvalue weighted by atomic mass is 16.3. The summed E-state index contributed by atoms with van der Waals surface area (Å²) in [5.41, 5.74) is 2.93. The van der Waals surface area contributed by atoms with Crippen molar-refractivity contribution in [1.29, 1.82) is 0 Å². The van der Waals surface area contributed by atoms with E-state index < -0.39 is 0 Å². The number of furan rings is 1. The molecule has 0 amide bonds. The average Bonchev–Trinajstić information content (AvgIpc) is 2.81. The summed E-state index contributed by atoms with van der Waals surface area (Å²) >= 11 is 0. The van der Waals surface area contributed by atoms with Gasteiger partial charge in [-0.3, -0.25) is 4.98 Å². The second kappa shape index (κ2) is 4.26. The van der Waals surface area contributed by atoms with E-state index in [1.54, 1.807) is 12.5 Å². The number of para-hydroxylation sites is 1. The standard InChI is InChI=1S/C15H11NO/c1-2-7-15-14(6-1)12(11-17-15)8-9-13-5-3-4-10-16-13/h1-11H. The number of fused-ring (bicyclic) bond motifs is 1. The summed E-state index contributed by atoms with van der Waals surface area (Å²) in [7, 11) is 0. The number of hydrogen-bond acceptors (Lipinski definition) is 2. The van der Waals surface area contributed by atoms with E-state index in [1.807, 2.05) is 48.6 Å². The number of hydrogen-bond donors (Lipinski definition) is 0. The molecule has 17 heavy (non-hydrogen) atoms. The van der Waals surface area contributed by atoms with Crippen LogP contribution in [0.2, 0.25) is 0 Å². The highest BCUT2D eigenvalue weighted by Crippen LogP contribution is 2.22. The Bertz CT molecular complexity index is 653. The van der Waals surface area contributed by atoms with E-state index in [0.717, 1.165) is 22.2 Å². The van der Waals surface area contributed by atoms with Crippen LogP contribution in [-0.2, 0) is 0 Å². The first kappa shape index (κ1) is 9.85. The first-order valence-corrected chi connectivity index (χ1v) is 5.49. The molecular formula is C15H11NO. The second-order valence-electron chi connectivity index (χ2n) is 3.78. The molecule has 2 aromatic heterocycles. The fourth-order valence-electron chi connectivity index (χ4n) is 1.78. The lowest BCUT2D eigenvalue weighted by molar-refractivity contribution is 0.615. The maximum Gasteiger partial charge on any atom is 0.134 e. The first-order chi connectivity index (χ1) is 8.43. The Morgan fingerprint density at radius 1 is 0.941 bits per heavy atom. The number of aromatic nitrogens is 1. The van der Waals surface area contributed by atoms with Crippen molar-refractivity contribution in [3.8, 4) is 0 Å². The predicted molar refractivity (Wildman–Crippen MR) is 69.4 cm³/mol. The molecule has 0 spiro atoms. The second-order valence-corrected chi connectivity index (χ2v) is 3.78. The molecule has 82 valence electrons. The molecule has 0 saturated heterocycles. The molecule has 3 rings (SSSR count). The maximum atomic E-state index is 5.47. The molecule has 2 nitrogen and oxygen atoms in total. The maximum absolute atomic E-state index is 5.47. The molecule has 0 unspecified atom stereocenters. The lowest BCUT2D eigenvalue weighted by Crippen LogP contribution is -1.76. The topological polar surface area (TPSA) is 26.0 Å². The number of nitrogens with zero attached hydrogens (tertiary/aromatic N) is 1. The van der Waals surface area contributed by atoms with Gasteiger partial charge in [0.2, 0.25) is 0 Å². The van der Waals surface area contributed by atoms with E-state index in [1.165, 1.54) is 0 Å². The Morgan fingerprint density at radius 3 is 2.71 bits per heavy atom. The van der Waals surface area contributed by atoms with Crippen LogP contribution in [-0.4, -0.2) is 4.98 Å². The monoisotopic (exact) mass is 221 g/mol. The van der Waals surface area contributed by atoms with Crippen molar-refractivity contribution in [3.63, 3.8) is 0 Å². The van der Waals surface area contributed by atoms with Crippen molar-refractivity contribution < 1.29 is 4.42 Å². The van der Waals surface area contributed by atoms with Crippen LogP contribution in [0.5, 0.6) is 0 Å². The quantitative estimate of drug-likeness (QED) is 0.653. The summed E-state index contributed by atoms with van der Waals surface area (Å²) in [5.74, 6) is 0. The molecule has 0 radical (unpaired) electrons. The predicted octanol–water partition coefficient (Wildman–Crippen LogP) is 4.00. The number of benzene rings is 1. The van der Waals surface area contributed by atoms with E-state index in [-0.39, 0.29) is 0 Å². The molecule has 0 aliphatic rings. The zero-order valence-electron chi connectivity index (χ0n) is 9.21. The SMILES string of the molecule is C(=Cc1coc2ccccc12)c1ccccn1. The van der Waals surface area contributed by atoms with E-state index >= 15 is 0 Å². The van der Waals surface area contributed by atoms with Gasteiger partial charge in [-0.15, -0.1) is 0 Å². The van der Waals surface area contributed by atoms with Crippen LogP contribution in [0.1, 0.15) is 11.3 Å². The summed E-state index contributed by atoms with van der Waals surface area (Å²) in [5, 5.41) is 1.12. The van der Waals surface area contributed by atoms with Crippen LogP contribution >= 0.6 is 0 Å². The van der Waals surface area contributed by atoms with Gasteiger partial charge in [0.15, 0.2) is 0 Å². The fraction of sp³-hybridized carbons (Fsp3) is 0. The van der Waals surface area contributed by atoms with E-state index in [9.17, 15) is 0 Å². The Labute approximate surface area is 99.2 Å². The molecule has 0 aliphatic heterocycles. The molecule has 0 saturated carbocycles. The minimum Gasteiger partial charge on any atom is -0.464 e. The zero-order chi connectivity index (χ0) is 11.5. The lowest BCUT2D eigenvalue weighted by atomic mass is 10.1. The summed E-state index contributed by atoms with van der Waals surface area (Å²) < 4.78 is 5.47. The molecule has 0 N–H and O–H groups in total. The van der Waals surface area contributed by atoms with Crippen molar-refractivity contribution in [3.05, 3.63) is 66.2 Å². The normalized spacial score (nSPS) is 11.3. The van der Waals surface area contributed by atoms with Gasteiger partial charge in [0, 0.05) is 17.1 Å². The van der Waals surface area contributed by atoms with Gasteiger partial charge in [0.25, 0.3) is 0 Å². The van der Waals surface area contributed by atoms with Crippen molar-refractivity contribution >= 4 is 23.1 Å². The molecule has 3 aromatic rings. The van der Waals surface area contributed by atoms with Crippen molar-refractivity contribution in [1.82, 2.24) is 4.98 Å². The van der Waals surface area contributed by atoms with E-state index in [4.69, 9.17) is 4.42 Å². The van der Waals surface area contributed by atoms with Gasteiger partial charge in [0.1, 0.15) is 5.58 Å². The summed E-state index contributed by atoms with van der Waals surface area (Å²) in [6, 6.07) is 13.8. The van der Waals surface area contributed by atoms with Crippen LogP contribution in [0.3, 0.4) is 0 Å².